The lowest BCUT2D eigenvalue weighted by Gasteiger charge is -2.17. The Kier molecular flexibility index (Phi) is 4.93. The van der Waals surface area contributed by atoms with E-state index >= 15 is 0 Å². The number of aryl methyl sites for hydroxylation is 2. The van der Waals surface area contributed by atoms with Crippen LogP contribution in [-0.2, 0) is 11.8 Å². The van der Waals surface area contributed by atoms with Crippen LogP contribution in [0.5, 0.6) is 0 Å². The molecule has 1 aliphatic heterocycles. The van der Waals surface area contributed by atoms with Crippen LogP contribution in [0.2, 0.25) is 0 Å². The van der Waals surface area contributed by atoms with E-state index in [9.17, 15) is 9.59 Å². The predicted molar refractivity (Wildman–Crippen MR) is 125 cm³/mol. The summed E-state index contributed by atoms with van der Waals surface area (Å²) in [5.74, 6) is -0.126. The van der Waals surface area contributed by atoms with Gasteiger partial charge in [0.25, 0.3) is 5.91 Å². The Balaban J connectivity index is 1.54. The lowest BCUT2D eigenvalue weighted by atomic mass is 10.0. The molecule has 2 aromatic carbocycles. The highest BCUT2D eigenvalue weighted by Gasteiger charge is 2.23. The van der Waals surface area contributed by atoms with Gasteiger partial charge in [-0.3, -0.25) is 14.3 Å². The van der Waals surface area contributed by atoms with Gasteiger partial charge in [0.15, 0.2) is 5.65 Å². The first-order valence-electron chi connectivity index (χ1n) is 10.6. The predicted octanol–water partition coefficient (Wildman–Crippen LogP) is 4.32. The number of fused-ring (bicyclic) bond motifs is 1. The Hall–Kier alpha value is -4.00. The van der Waals surface area contributed by atoms with Crippen LogP contribution < -0.4 is 10.2 Å². The normalized spacial score (nSPS) is 13.7. The minimum Gasteiger partial charge on any atom is -0.322 e. The number of anilines is 2. The summed E-state index contributed by atoms with van der Waals surface area (Å²) in [6.07, 6.45) is 1.42. The number of nitrogens with one attached hydrogen (secondary N) is 1. The number of hydrogen-bond acceptors (Lipinski definition) is 4. The summed E-state index contributed by atoms with van der Waals surface area (Å²) in [7, 11) is 1.83. The second-order valence-corrected chi connectivity index (χ2v) is 7.98. The molecule has 7 heteroatoms. The van der Waals surface area contributed by atoms with Crippen molar-refractivity contribution >= 4 is 34.2 Å². The van der Waals surface area contributed by atoms with Gasteiger partial charge in [-0.15, -0.1) is 0 Å². The number of carbonyl (C=O) groups excluding carboxylic acids is 2. The van der Waals surface area contributed by atoms with Gasteiger partial charge in [0.05, 0.1) is 22.3 Å². The standard InChI is InChI=1S/C25H23N5O2/c1-16-23-20(15-21(17-8-4-3-5-9-17)27-24(23)29(2)28-16)25(32)26-18-10-6-11-19(14-18)30-13-7-12-22(30)31/h3-6,8-11,14-15H,7,12-13H2,1-2H3,(H,26,32). The first-order valence-corrected chi connectivity index (χ1v) is 10.6. The number of carbonyl (C=O) groups is 2. The topological polar surface area (TPSA) is 80.1 Å². The van der Waals surface area contributed by atoms with Crippen LogP contribution >= 0.6 is 0 Å². The SMILES string of the molecule is Cc1nn(C)c2nc(-c3ccccc3)cc(C(=O)Nc3cccc(N4CCCC4=O)c3)c12. The highest BCUT2D eigenvalue weighted by atomic mass is 16.2. The maximum atomic E-state index is 13.4. The van der Waals surface area contributed by atoms with E-state index in [4.69, 9.17) is 4.98 Å². The fraction of sp³-hybridized carbons (Fsp3) is 0.200. The molecular formula is C25H23N5O2. The summed E-state index contributed by atoms with van der Waals surface area (Å²) in [5.41, 5.74) is 5.00. The zero-order valence-corrected chi connectivity index (χ0v) is 18.0. The second-order valence-electron chi connectivity index (χ2n) is 7.98. The molecule has 0 atom stereocenters. The van der Waals surface area contributed by atoms with E-state index in [2.05, 4.69) is 10.4 Å². The molecule has 0 radical (unpaired) electrons. The molecule has 0 spiro atoms. The third-order valence-corrected chi connectivity index (χ3v) is 5.77. The van der Waals surface area contributed by atoms with Gasteiger partial charge >= 0.3 is 0 Å². The van der Waals surface area contributed by atoms with Gasteiger partial charge in [0.2, 0.25) is 5.91 Å². The number of aromatic nitrogens is 3. The van der Waals surface area contributed by atoms with E-state index in [0.29, 0.717) is 35.6 Å². The second kappa shape index (κ2) is 7.92. The monoisotopic (exact) mass is 425 g/mol. The number of rotatable bonds is 4. The highest BCUT2D eigenvalue weighted by Crippen LogP contribution is 2.29. The molecule has 1 N–H and O–H groups in total. The Bertz CT molecular complexity index is 1340. The first kappa shape index (κ1) is 19.9. The fourth-order valence-electron chi connectivity index (χ4n) is 4.25. The first-order chi connectivity index (χ1) is 15.5. The number of amides is 2. The Labute approximate surface area is 185 Å². The van der Waals surface area contributed by atoms with Gasteiger partial charge in [-0.25, -0.2) is 4.98 Å². The molecule has 32 heavy (non-hydrogen) atoms. The van der Waals surface area contributed by atoms with Crippen LogP contribution in [0.1, 0.15) is 28.9 Å². The van der Waals surface area contributed by atoms with Crippen molar-refractivity contribution in [2.75, 3.05) is 16.8 Å². The Morgan fingerprint density at radius 2 is 1.88 bits per heavy atom. The smallest absolute Gasteiger partial charge is 0.256 e. The van der Waals surface area contributed by atoms with Crippen LogP contribution in [0.4, 0.5) is 11.4 Å². The Morgan fingerprint density at radius 3 is 2.62 bits per heavy atom. The molecule has 0 unspecified atom stereocenters. The van der Waals surface area contributed by atoms with Crippen molar-refractivity contribution in [2.45, 2.75) is 19.8 Å². The van der Waals surface area contributed by atoms with E-state index in [1.54, 1.807) is 9.58 Å². The molecule has 3 heterocycles. The molecule has 4 aromatic rings. The van der Waals surface area contributed by atoms with Gasteiger partial charge in [-0.05, 0) is 37.6 Å². The highest BCUT2D eigenvalue weighted by molar-refractivity contribution is 6.13. The molecule has 1 fully saturated rings. The quantitative estimate of drug-likeness (QED) is 0.528. The zero-order valence-electron chi connectivity index (χ0n) is 18.0. The molecule has 2 amide bonds. The van der Waals surface area contributed by atoms with E-state index < -0.39 is 0 Å². The van der Waals surface area contributed by atoms with Gasteiger partial charge in [0, 0.05) is 37.0 Å². The van der Waals surface area contributed by atoms with Crippen molar-refractivity contribution in [3.8, 4) is 11.3 Å². The van der Waals surface area contributed by atoms with E-state index in [0.717, 1.165) is 28.8 Å². The lowest BCUT2D eigenvalue weighted by molar-refractivity contribution is -0.117. The van der Waals surface area contributed by atoms with Gasteiger partial charge in [0.1, 0.15) is 0 Å². The molecule has 160 valence electrons. The van der Waals surface area contributed by atoms with E-state index in [1.165, 1.54) is 0 Å². The average Bonchev–Trinajstić information content (AvgIpc) is 3.36. The summed E-state index contributed by atoms with van der Waals surface area (Å²) in [6.45, 7) is 2.58. The largest absolute Gasteiger partial charge is 0.322 e. The minimum atomic E-state index is -0.240. The molecule has 7 nitrogen and oxygen atoms in total. The van der Waals surface area contributed by atoms with Crippen molar-refractivity contribution < 1.29 is 9.59 Å². The molecule has 1 aliphatic rings. The third kappa shape index (κ3) is 3.51. The molecule has 5 rings (SSSR count). The number of benzene rings is 2. The zero-order chi connectivity index (χ0) is 22.2. The number of pyridine rings is 1. The van der Waals surface area contributed by atoms with Crippen molar-refractivity contribution in [3.05, 3.63) is 71.9 Å². The number of hydrogen-bond donors (Lipinski definition) is 1. The van der Waals surface area contributed by atoms with Crippen molar-refractivity contribution in [2.24, 2.45) is 7.05 Å². The summed E-state index contributed by atoms with van der Waals surface area (Å²) < 4.78 is 1.70. The summed E-state index contributed by atoms with van der Waals surface area (Å²) in [6, 6.07) is 19.0. The molecule has 0 aliphatic carbocycles. The van der Waals surface area contributed by atoms with Gasteiger partial charge < -0.3 is 10.2 Å². The van der Waals surface area contributed by atoms with Crippen LogP contribution in [0.25, 0.3) is 22.3 Å². The van der Waals surface area contributed by atoms with Crippen LogP contribution in [0, 0.1) is 6.92 Å². The van der Waals surface area contributed by atoms with Gasteiger partial charge in [-0.1, -0.05) is 36.4 Å². The summed E-state index contributed by atoms with van der Waals surface area (Å²) in [5, 5.41) is 8.21. The van der Waals surface area contributed by atoms with E-state index in [1.807, 2.05) is 74.6 Å². The molecule has 1 saturated heterocycles. The molecule has 0 saturated carbocycles. The Morgan fingerprint density at radius 1 is 1.06 bits per heavy atom. The maximum absolute atomic E-state index is 13.4. The van der Waals surface area contributed by atoms with Gasteiger partial charge in [-0.2, -0.15) is 5.10 Å². The third-order valence-electron chi connectivity index (χ3n) is 5.77. The van der Waals surface area contributed by atoms with Crippen LogP contribution in [0.15, 0.2) is 60.7 Å². The molecule has 0 bridgehead atoms. The fourth-order valence-corrected chi connectivity index (χ4v) is 4.25. The summed E-state index contributed by atoms with van der Waals surface area (Å²) in [4.78, 5) is 32.1. The minimum absolute atomic E-state index is 0.114. The molecule has 2 aromatic heterocycles. The van der Waals surface area contributed by atoms with Crippen molar-refractivity contribution in [3.63, 3.8) is 0 Å². The summed E-state index contributed by atoms with van der Waals surface area (Å²) >= 11 is 0. The molecular weight excluding hydrogens is 402 g/mol. The average molecular weight is 425 g/mol. The number of nitrogens with zero attached hydrogens (tertiary/aromatic N) is 4. The van der Waals surface area contributed by atoms with Crippen LogP contribution in [-0.4, -0.2) is 33.1 Å². The van der Waals surface area contributed by atoms with E-state index in [-0.39, 0.29) is 11.8 Å². The lowest BCUT2D eigenvalue weighted by Crippen LogP contribution is -2.23. The van der Waals surface area contributed by atoms with Crippen LogP contribution in [0.3, 0.4) is 0 Å². The van der Waals surface area contributed by atoms with Crippen molar-refractivity contribution in [1.29, 1.82) is 0 Å². The maximum Gasteiger partial charge on any atom is 0.256 e. The van der Waals surface area contributed by atoms with Crippen molar-refractivity contribution in [1.82, 2.24) is 14.8 Å².